The molecule has 9 heteroatoms. The number of aryl methyl sites for hydroxylation is 1. The Bertz CT molecular complexity index is 979. The van der Waals surface area contributed by atoms with E-state index >= 15 is 0 Å². The molecule has 2 aromatic rings. The average molecular weight is 379 g/mol. The normalized spacial score (nSPS) is 15.9. The molecule has 1 N–H and O–H groups in total. The number of benzene rings is 1. The summed E-state index contributed by atoms with van der Waals surface area (Å²) < 4.78 is 26.3. The molecular formula is C16H17N3O4S2. The van der Waals surface area contributed by atoms with Crippen LogP contribution in [0.25, 0.3) is 5.76 Å². The van der Waals surface area contributed by atoms with Gasteiger partial charge in [-0.15, -0.1) is 11.3 Å². The SMILES string of the molecule is CCN(C(=O)C1=C(O)c2ccccc2S(=O)(=O)N1C)c1ncc(C)s1. The molecule has 132 valence electrons. The summed E-state index contributed by atoms with van der Waals surface area (Å²) in [5.74, 6) is -0.973. The summed E-state index contributed by atoms with van der Waals surface area (Å²) in [6.07, 6.45) is 1.64. The molecule has 0 fully saturated rings. The number of likely N-dealkylation sites (N-methyl/N-ethyl adjacent to an activating group) is 2. The first kappa shape index (κ1) is 17.4. The molecule has 0 aliphatic carbocycles. The number of sulfonamides is 1. The van der Waals surface area contributed by atoms with Gasteiger partial charge in [-0.1, -0.05) is 12.1 Å². The standard InChI is InChI=1S/C16H17N3O4S2/c1-4-19(16-17-9-10(2)24-16)15(21)13-14(20)11-7-5-6-8-12(11)25(22,23)18(13)3/h5-9,20H,4H2,1-3H3. The predicted molar refractivity (Wildman–Crippen MR) is 95.8 cm³/mol. The van der Waals surface area contributed by atoms with Crippen LogP contribution in [0.1, 0.15) is 17.4 Å². The molecule has 0 radical (unpaired) electrons. The number of hydrogen-bond acceptors (Lipinski definition) is 6. The van der Waals surface area contributed by atoms with Gasteiger partial charge in [0.1, 0.15) is 0 Å². The summed E-state index contributed by atoms with van der Waals surface area (Å²) in [6.45, 7) is 3.92. The van der Waals surface area contributed by atoms with Crippen LogP contribution < -0.4 is 4.90 Å². The van der Waals surface area contributed by atoms with Crippen molar-refractivity contribution in [3.05, 3.63) is 46.6 Å². The number of nitrogens with zero attached hydrogens (tertiary/aromatic N) is 3. The number of rotatable bonds is 3. The van der Waals surface area contributed by atoms with Crippen molar-refractivity contribution < 1.29 is 18.3 Å². The van der Waals surface area contributed by atoms with E-state index in [-0.39, 0.29) is 28.5 Å². The van der Waals surface area contributed by atoms with Crippen LogP contribution >= 0.6 is 11.3 Å². The fourth-order valence-electron chi connectivity index (χ4n) is 2.63. The molecule has 0 spiro atoms. The number of anilines is 1. The lowest BCUT2D eigenvalue weighted by atomic mass is 10.1. The van der Waals surface area contributed by atoms with Crippen LogP contribution in [0, 0.1) is 6.92 Å². The monoisotopic (exact) mass is 379 g/mol. The van der Waals surface area contributed by atoms with E-state index < -0.39 is 15.9 Å². The third-order valence-electron chi connectivity index (χ3n) is 3.92. The van der Waals surface area contributed by atoms with Crippen molar-refractivity contribution in [3.8, 4) is 0 Å². The second kappa shape index (κ2) is 6.16. The smallest absolute Gasteiger partial charge is 0.281 e. The molecule has 1 aromatic heterocycles. The Kier molecular flexibility index (Phi) is 4.29. The van der Waals surface area contributed by atoms with Crippen LogP contribution in [-0.4, -0.2) is 42.3 Å². The molecular weight excluding hydrogens is 362 g/mol. The average Bonchev–Trinajstić information content (AvgIpc) is 3.00. The maximum absolute atomic E-state index is 13.0. The molecule has 0 saturated carbocycles. The Morgan fingerprint density at radius 2 is 2.04 bits per heavy atom. The van der Waals surface area contributed by atoms with E-state index in [2.05, 4.69) is 4.98 Å². The van der Waals surface area contributed by atoms with E-state index in [1.165, 1.54) is 35.4 Å². The molecule has 0 bridgehead atoms. The van der Waals surface area contributed by atoms with E-state index in [0.29, 0.717) is 5.13 Å². The lowest BCUT2D eigenvalue weighted by Crippen LogP contribution is -2.42. The Morgan fingerprint density at radius 1 is 1.36 bits per heavy atom. The third kappa shape index (κ3) is 2.69. The molecule has 1 aliphatic heterocycles. The summed E-state index contributed by atoms with van der Waals surface area (Å²) in [7, 11) is -2.66. The zero-order valence-electron chi connectivity index (χ0n) is 13.9. The fourth-order valence-corrected chi connectivity index (χ4v) is 4.84. The zero-order chi connectivity index (χ0) is 18.4. The van der Waals surface area contributed by atoms with E-state index in [1.807, 2.05) is 6.92 Å². The van der Waals surface area contributed by atoms with E-state index in [9.17, 15) is 18.3 Å². The highest BCUT2D eigenvalue weighted by Crippen LogP contribution is 2.36. The number of aliphatic hydroxyl groups excluding tert-OH is 1. The minimum atomic E-state index is -3.92. The van der Waals surface area contributed by atoms with Gasteiger partial charge in [0.25, 0.3) is 15.9 Å². The highest BCUT2D eigenvalue weighted by molar-refractivity contribution is 7.89. The molecule has 1 amide bonds. The van der Waals surface area contributed by atoms with Gasteiger partial charge in [-0.2, -0.15) is 0 Å². The molecule has 0 atom stereocenters. The van der Waals surface area contributed by atoms with E-state index in [4.69, 9.17) is 0 Å². The number of carbonyl (C=O) groups is 1. The Labute approximate surface area is 149 Å². The Morgan fingerprint density at radius 3 is 2.64 bits per heavy atom. The van der Waals surface area contributed by atoms with Gasteiger partial charge in [0, 0.05) is 30.2 Å². The van der Waals surface area contributed by atoms with Gasteiger partial charge in [-0.3, -0.25) is 14.0 Å². The van der Waals surface area contributed by atoms with Crippen molar-refractivity contribution in [1.82, 2.24) is 9.29 Å². The number of fused-ring (bicyclic) bond motifs is 1. The molecule has 3 rings (SSSR count). The van der Waals surface area contributed by atoms with Crippen LogP contribution in [0.3, 0.4) is 0 Å². The van der Waals surface area contributed by atoms with Gasteiger partial charge in [0.15, 0.2) is 16.6 Å². The van der Waals surface area contributed by atoms with E-state index in [1.54, 1.807) is 25.3 Å². The maximum Gasteiger partial charge on any atom is 0.281 e. The number of thiazole rings is 1. The molecule has 1 aliphatic rings. The topological polar surface area (TPSA) is 90.8 Å². The quantitative estimate of drug-likeness (QED) is 0.884. The first-order valence-electron chi connectivity index (χ1n) is 7.55. The number of carbonyl (C=O) groups excluding carboxylic acids is 1. The van der Waals surface area contributed by atoms with Crippen molar-refractivity contribution in [2.24, 2.45) is 0 Å². The first-order chi connectivity index (χ1) is 11.8. The van der Waals surface area contributed by atoms with Crippen LogP contribution in [0.2, 0.25) is 0 Å². The second-order valence-corrected chi connectivity index (χ2v) is 8.62. The summed E-state index contributed by atoms with van der Waals surface area (Å²) in [6, 6.07) is 6.06. The summed E-state index contributed by atoms with van der Waals surface area (Å²) in [5.41, 5.74) is -0.163. The zero-order valence-corrected chi connectivity index (χ0v) is 15.6. The van der Waals surface area contributed by atoms with Crippen LogP contribution in [-0.2, 0) is 14.8 Å². The minimum Gasteiger partial charge on any atom is -0.505 e. The van der Waals surface area contributed by atoms with Crippen LogP contribution in [0.5, 0.6) is 0 Å². The number of aromatic nitrogens is 1. The van der Waals surface area contributed by atoms with Crippen molar-refractivity contribution in [2.75, 3.05) is 18.5 Å². The highest BCUT2D eigenvalue weighted by Gasteiger charge is 2.39. The van der Waals surface area contributed by atoms with Crippen LogP contribution in [0.4, 0.5) is 5.13 Å². The lowest BCUT2D eigenvalue weighted by molar-refractivity contribution is -0.116. The summed E-state index contributed by atoms with van der Waals surface area (Å²) in [5, 5.41) is 11.1. The first-order valence-corrected chi connectivity index (χ1v) is 9.80. The number of hydrogen-bond donors (Lipinski definition) is 1. The summed E-state index contributed by atoms with van der Waals surface area (Å²) in [4.78, 5) is 19.5. The van der Waals surface area contributed by atoms with Crippen LogP contribution in [0.15, 0.2) is 41.1 Å². The van der Waals surface area contributed by atoms with Gasteiger partial charge in [0.2, 0.25) is 0 Å². The van der Waals surface area contributed by atoms with Crippen molar-refractivity contribution in [1.29, 1.82) is 0 Å². The van der Waals surface area contributed by atoms with Crippen molar-refractivity contribution >= 4 is 38.2 Å². The highest BCUT2D eigenvalue weighted by atomic mass is 32.2. The molecule has 1 aromatic carbocycles. The Balaban J connectivity index is 2.16. The number of aliphatic hydroxyl groups is 1. The van der Waals surface area contributed by atoms with Gasteiger partial charge in [-0.25, -0.2) is 13.4 Å². The second-order valence-electron chi connectivity index (χ2n) is 5.47. The number of amides is 1. The van der Waals surface area contributed by atoms with E-state index in [0.717, 1.165) is 9.18 Å². The predicted octanol–water partition coefficient (Wildman–Crippen LogP) is 2.37. The van der Waals surface area contributed by atoms with Gasteiger partial charge in [0.05, 0.1) is 4.90 Å². The fraction of sp³-hybridized carbons (Fsp3) is 0.250. The van der Waals surface area contributed by atoms with Gasteiger partial charge in [-0.05, 0) is 26.0 Å². The molecule has 0 saturated heterocycles. The van der Waals surface area contributed by atoms with Crippen molar-refractivity contribution in [3.63, 3.8) is 0 Å². The van der Waals surface area contributed by atoms with Gasteiger partial charge < -0.3 is 5.11 Å². The van der Waals surface area contributed by atoms with Gasteiger partial charge >= 0.3 is 0 Å². The lowest BCUT2D eigenvalue weighted by Gasteiger charge is -2.30. The molecule has 7 nitrogen and oxygen atoms in total. The minimum absolute atomic E-state index is 0.0281. The summed E-state index contributed by atoms with van der Waals surface area (Å²) >= 11 is 1.32. The molecule has 0 unspecified atom stereocenters. The Hall–Kier alpha value is -2.39. The van der Waals surface area contributed by atoms with Crippen molar-refractivity contribution in [2.45, 2.75) is 18.7 Å². The maximum atomic E-state index is 13.0. The third-order valence-corrected chi connectivity index (χ3v) is 6.67. The largest absolute Gasteiger partial charge is 0.505 e. The molecule has 25 heavy (non-hydrogen) atoms. The molecule has 2 heterocycles.